The Bertz CT molecular complexity index is 618. The summed E-state index contributed by atoms with van der Waals surface area (Å²) in [5.74, 6) is 0.861. The van der Waals surface area contributed by atoms with Gasteiger partial charge in [-0.3, -0.25) is 9.48 Å². The minimum Gasteiger partial charge on any atom is -0.493 e. The highest BCUT2D eigenvalue weighted by Gasteiger charge is 2.28. The second-order valence-electron chi connectivity index (χ2n) is 5.08. The summed E-state index contributed by atoms with van der Waals surface area (Å²) in [5.41, 5.74) is 1.69. The average Bonchev–Trinajstić information content (AvgIpc) is 2.95. The molecule has 0 saturated carbocycles. The van der Waals surface area contributed by atoms with Crippen molar-refractivity contribution < 1.29 is 9.53 Å². The van der Waals surface area contributed by atoms with Gasteiger partial charge in [-0.25, -0.2) is 0 Å². The lowest BCUT2D eigenvalue weighted by molar-refractivity contribution is 0.0933. The summed E-state index contributed by atoms with van der Waals surface area (Å²) in [6, 6.07) is 7.79. The zero-order chi connectivity index (χ0) is 13.9. The molecular formula is C16H18N2O2. The number of benzene rings is 1. The fourth-order valence-corrected chi connectivity index (χ4v) is 2.66. The Morgan fingerprint density at radius 1 is 1.45 bits per heavy atom. The number of ether oxygens (including phenoxy) is 1. The van der Waals surface area contributed by atoms with E-state index in [9.17, 15) is 4.79 Å². The molecule has 2 heterocycles. The van der Waals surface area contributed by atoms with E-state index in [1.165, 1.54) is 0 Å². The third kappa shape index (κ3) is 2.33. The number of hydrogen-bond acceptors (Lipinski definition) is 3. The van der Waals surface area contributed by atoms with Gasteiger partial charge in [-0.15, -0.1) is 0 Å². The number of fused-ring (bicyclic) bond motifs is 1. The molecule has 0 saturated heterocycles. The molecule has 0 bridgehead atoms. The summed E-state index contributed by atoms with van der Waals surface area (Å²) in [6.07, 6.45) is 5.27. The van der Waals surface area contributed by atoms with Crippen LogP contribution < -0.4 is 4.74 Å². The van der Waals surface area contributed by atoms with Crippen LogP contribution >= 0.6 is 0 Å². The van der Waals surface area contributed by atoms with Crippen molar-refractivity contribution in [2.75, 3.05) is 6.61 Å². The van der Waals surface area contributed by atoms with E-state index in [0.29, 0.717) is 12.2 Å². The molecule has 104 valence electrons. The molecule has 20 heavy (non-hydrogen) atoms. The summed E-state index contributed by atoms with van der Waals surface area (Å²) < 4.78 is 7.44. The molecule has 0 N–H and O–H groups in total. The van der Waals surface area contributed by atoms with Crippen LogP contribution in [0.1, 0.15) is 41.6 Å². The summed E-state index contributed by atoms with van der Waals surface area (Å²) in [7, 11) is 0. The van der Waals surface area contributed by atoms with Gasteiger partial charge in [-0.05, 0) is 18.9 Å². The fraction of sp³-hybridized carbons (Fsp3) is 0.375. The lowest BCUT2D eigenvalue weighted by Crippen LogP contribution is -2.21. The third-order valence-corrected chi connectivity index (χ3v) is 3.65. The van der Waals surface area contributed by atoms with E-state index < -0.39 is 0 Å². The molecule has 4 heteroatoms. The van der Waals surface area contributed by atoms with Crippen LogP contribution in [0.3, 0.4) is 0 Å². The molecule has 0 aliphatic carbocycles. The quantitative estimate of drug-likeness (QED) is 0.802. The van der Waals surface area contributed by atoms with Crippen LogP contribution in [-0.4, -0.2) is 22.2 Å². The van der Waals surface area contributed by atoms with Gasteiger partial charge in [-0.1, -0.05) is 25.1 Å². The maximum atomic E-state index is 12.7. The van der Waals surface area contributed by atoms with Gasteiger partial charge in [0.2, 0.25) is 0 Å². The van der Waals surface area contributed by atoms with Crippen LogP contribution in [0.4, 0.5) is 0 Å². The predicted molar refractivity (Wildman–Crippen MR) is 76.1 cm³/mol. The van der Waals surface area contributed by atoms with E-state index in [4.69, 9.17) is 4.74 Å². The number of nitrogens with zero attached hydrogens (tertiary/aromatic N) is 2. The summed E-state index contributed by atoms with van der Waals surface area (Å²) in [5, 5.41) is 4.24. The molecule has 4 nitrogen and oxygen atoms in total. The molecule has 1 unspecified atom stereocenters. The molecule has 0 spiro atoms. The molecule has 1 aromatic heterocycles. The van der Waals surface area contributed by atoms with Crippen molar-refractivity contribution in [3.8, 4) is 5.75 Å². The maximum Gasteiger partial charge on any atom is 0.173 e. The number of hydrogen-bond donors (Lipinski definition) is 0. The van der Waals surface area contributed by atoms with Crippen LogP contribution in [0.2, 0.25) is 0 Å². The molecule has 1 aliphatic heterocycles. The van der Waals surface area contributed by atoms with Crippen LogP contribution in [0, 0.1) is 0 Å². The zero-order valence-corrected chi connectivity index (χ0v) is 11.6. The smallest absolute Gasteiger partial charge is 0.173 e. The number of carbonyl (C=O) groups is 1. The van der Waals surface area contributed by atoms with Gasteiger partial charge in [0.05, 0.1) is 24.3 Å². The third-order valence-electron chi connectivity index (χ3n) is 3.65. The van der Waals surface area contributed by atoms with Gasteiger partial charge >= 0.3 is 0 Å². The van der Waals surface area contributed by atoms with E-state index in [0.717, 1.165) is 30.7 Å². The predicted octanol–water partition coefficient (Wildman–Crippen LogP) is 3.04. The minimum absolute atomic E-state index is 0.112. The Balaban J connectivity index is 1.87. The summed E-state index contributed by atoms with van der Waals surface area (Å²) in [6.45, 7) is 3.53. The van der Waals surface area contributed by atoms with Crippen LogP contribution in [0.25, 0.3) is 0 Å². The Labute approximate surface area is 118 Å². The lowest BCUT2D eigenvalue weighted by Gasteiger charge is -2.24. The monoisotopic (exact) mass is 270 g/mol. The van der Waals surface area contributed by atoms with Crippen LogP contribution in [0.5, 0.6) is 5.75 Å². The highest BCUT2D eigenvalue weighted by Crippen LogP contribution is 2.35. The van der Waals surface area contributed by atoms with Crippen molar-refractivity contribution in [2.45, 2.75) is 32.2 Å². The second-order valence-corrected chi connectivity index (χ2v) is 5.08. The normalized spacial score (nSPS) is 17.4. The average molecular weight is 270 g/mol. The van der Waals surface area contributed by atoms with Gasteiger partial charge in [-0.2, -0.15) is 5.10 Å². The molecular weight excluding hydrogens is 252 g/mol. The second kappa shape index (κ2) is 5.49. The van der Waals surface area contributed by atoms with Crippen molar-refractivity contribution >= 4 is 5.78 Å². The van der Waals surface area contributed by atoms with E-state index in [-0.39, 0.29) is 11.7 Å². The number of para-hydroxylation sites is 1. The highest BCUT2D eigenvalue weighted by atomic mass is 16.5. The van der Waals surface area contributed by atoms with Gasteiger partial charge in [0.1, 0.15) is 5.75 Å². The van der Waals surface area contributed by atoms with Crippen molar-refractivity contribution in [3.63, 3.8) is 0 Å². The molecule has 1 atom stereocenters. The molecule has 1 aromatic carbocycles. The fourth-order valence-electron chi connectivity index (χ4n) is 2.66. The number of rotatable bonds is 4. The number of carbonyl (C=O) groups excluding carboxylic acids is 1. The topological polar surface area (TPSA) is 44.1 Å². The number of aromatic nitrogens is 2. The molecule has 1 aliphatic rings. The Kier molecular flexibility index (Phi) is 3.54. The Morgan fingerprint density at radius 2 is 2.30 bits per heavy atom. The van der Waals surface area contributed by atoms with Gasteiger partial charge in [0.15, 0.2) is 5.78 Å². The van der Waals surface area contributed by atoms with Crippen molar-refractivity contribution in [1.82, 2.24) is 9.78 Å². The zero-order valence-electron chi connectivity index (χ0n) is 11.6. The van der Waals surface area contributed by atoms with E-state index in [2.05, 4.69) is 12.0 Å². The minimum atomic E-state index is -0.112. The molecule has 0 fully saturated rings. The first-order chi connectivity index (χ1) is 9.79. The lowest BCUT2D eigenvalue weighted by atomic mass is 9.87. The van der Waals surface area contributed by atoms with E-state index >= 15 is 0 Å². The first-order valence-electron chi connectivity index (χ1n) is 7.08. The maximum absolute atomic E-state index is 12.7. The van der Waals surface area contributed by atoms with Gasteiger partial charge < -0.3 is 4.74 Å². The molecule has 2 aromatic rings. The Morgan fingerprint density at radius 3 is 3.15 bits per heavy atom. The Hall–Kier alpha value is -2.10. The standard InChI is InChI=1S/C16H18N2O2/c1-2-8-18-11-12(10-17-18)16(19)14-7-9-20-15-6-4-3-5-13(14)15/h3-6,10-11,14H,2,7-9H2,1H3. The van der Waals surface area contributed by atoms with Crippen molar-refractivity contribution in [3.05, 3.63) is 47.8 Å². The van der Waals surface area contributed by atoms with Crippen molar-refractivity contribution in [2.24, 2.45) is 0 Å². The first kappa shape index (κ1) is 12.9. The largest absolute Gasteiger partial charge is 0.493 e. The SMILES string of the molecule is CCCn1cc(C(=O)C2CCOc3ccccc32)cn1. The van der Waals surface area contributed by atoms with E-state index in [1.807, 2.05) is 35.1 Å². The van der Waals surface area contributed by atoms with Crippen molar-refractivity contribution in [1.29, 1.82) is 0 Å². The van der Waals surface area contributed by atoms with E-state index in [1.54, 1.807) is 6.20 Å². The molecule has 0 radical (unpaired) electrons. The van der Waals surface area contributed by atoms with Crippen LogP contribution in [0.15, 0.2) is 36.7 Å². The highest BCUT2D eigenvalue weighted by molar-refractivity contribution is 6.01. The first-order valence-corrected chi connectivity index (χ1v) is 7.08. The number of Topliss-reactive ketones (excluding diaryl/α,β-unsaturated/α-hetero) is 1. The number of aryl methyl sites for hydroxylation is 1. The summed E-state index contributed by atoms with van der Waals surface area (Å²) >= 11 is 0. The van der Waals surface area contributed by atoms with Gasteiger partial charge in [0, 0.05) is 18.3 Å². The molecule has 3 rings (SSSR count). The van der Waals surface area contributed by atoms with Crippen LogP contribution in [-0.2, 0) is 6.54 Å². The summed E-state index contributed by atoms with van der Waals surface area (Å²) in [4.78, 5) is 12.7. The number of ketones is 1. The molecule has 0 amide bonds. The van der Waals surface area contributed by atoms with Gasteiger partial charge in [0.25, 0.3) is 0 Å².